The Hall–Kier alpha value is -2.07. The van der Waals surface area contributed by atoms with Crippen molar-refractivity contribution >= 4 is 43.9 Å². The number of rotatable bonds is 2. The normalized spacial score (nSPS) is 10.7. The highest BCUT2D eigenvalue weighted by atomic mass is 79.9. The molecule has 3 aromatic rings. The first-order valence-corrected chi connectivity index (χ1v) is 7.11. The quantitative estimate of drug-likeness (QED) is 0.674. The Kier molecular flexibility index (Phi) is 3.32. The molecule has 0 bridgehead atoms. The molecule has 0 aliphatic carbocycles. The van der Waals surface area contributed by atoms with Gasteiger partial charge in [0.25, 0.3) is 0 Å². The van der Waals surface area contributed by atoms with E-state index in [1.165, 1.54) is 0 Å². The molecule has 0 saturated carbocycles. The molecule has 1 aromatic heterocycles. The SMILES string of the molecule is Cc1ccc2c(Nc3cccc(Br)c3)nccc2c1N. The summed E-state index contributed by atoms with van der Waals surface area (Å²) in [4.78, 5) is 4.42. The average Bonchev–Trinajstić information content (AvgIpc) is 2.43. The van der Waals surface area contributed by atoms with Gasteiger partial charge in [-0.05, 0) is 36.8 Å². The number of nitrogens with one attached hydrogen (secondary N) is 1. The van der Waals surface area contributed by atoms with Gasteiger partial charge in [-0.15, -0.1) is 0 Å². The van der Waals surface area contributed by atoms with Crippen molar-refractivity contribution in [1.82, 2.24) is 4.98 Å². The lowest BCUT2D eigenvalue weighted by atomic mass is 10.1. The van der Waals surface area contributed by atoms with Crippen molar-refractivity contribution in [2.45, 2.75) is 6.92 Å². The van der Waals surface area contributed by atoms with Gasteiger partial charge < -0.3 is 11.1 Å². The first-order valence-electron chi connectivity index (χ1n) is 6.31. The first kappa shape index (κ1) is 12.9. The van der Waals surface area contributed by atoms with Gasteiger partial charge in [-0.25, -0.2) is 4.98 Å². The van der Waals surface area contributed by atoms with E-state index in [4.69, 9.17) is 5.73 Å². The van der Waals surface area contributed by atoms with E-state index in [1.54, 1.807) is 6.20 Å². The number of hydrogen-bond donors (Lipinski definition) is 2. The van der Waals surface area contributed by atoms with Crippen LogP contribution in [0.5, 0.6) is 0 Å². The number of benzene rings is 2. The number of anilines is 3. The van der Waals surface area contributed by atoms with E-state index in [0.717, 1.165) is 38.0 Å². The summed E-state index contributed by atoms with van der Waals surface area (Å²) in [7, 11) is 0. The minimum atomic E-state index is 0.808. The lowest BCUT2D eigenvalue weighted by Gasteiger charge is -2.11. The summed E-state index contributed by atoms with van der Waals surface area (Å²) in [5, 5.41) is 5.39. The molecule has 0 aliphatic rings. The van der Waals surface area contributed by atoms with Gasteiger partial charge in [-0.2, -0.15) is 0 Å². The van der Waals surface area contributed by atoms with Gasteiger partial charge in [-0.3, -0.25) is 0 Å². The molecule has 0 fully saturated rings. The van der Waals surface area contributed by atoms with Crippen molar-refractivity contribution in [2.75, 3.05) is 11.1 Å². The number of aromatic nitrogens is 1. The molecular weight excluding hydrogens is 314 g/mol. The van der Waals surface area contributed by atoms with Gasteiger partial charge in [0.2, 0.25) is 0 Å². The van der Waals surface area contributed by atoms with Crippen LogP contribution in [0.1, 0.15) is 5.56 Å². The molecule has 1 heterocycles. The Balaban J connectivity index is 2.10. The molecule has 100 valence electrons. The molecule has 3 nitrogen and oxygen atoms in total. The lowest BCUT2D eigenvalue weighted by Crippen LogP contribution is -1.97. The lowest BCUT2D eigenvalue weighted by molar-refractivity contribution is 1.33. The zero-order valence-electron chi connectivity index (χ0n) is 11.0. The van der Waals surface area contributed by atoms with Crippen LogP contribution in [0.4, 0.5) is 17.2 Å². The van der Waals surface area contributed by atoms with Gasteiger partial charge in [0.15, 0.2) is 0 Å². The van der Waals surface area contributed by atoms with Crippen molar-refractivity contribution in [3.8, 4) is 0 Å². The molecule has 2 aromatic carbocycles. The van der Waals surface area contributed by atoms with Gasteiger partial charge >= 0.3 is 0 Å². The van der Waals surface area contributed by atoms with Crippen molar-refractivity contribution < 1.29 is 0 Å². The Morgan fingerprint density at radius 3 is 2.75 bits per heavy atom. The molecule has 0 aliphatic heterocycles. The number of nitrogens with two attached hydrogens (primary N) is 1. The molecule has 20 heavy (non-hydrogen) atoms. The van der Waals surface area contributed by atoms with Crippen LogP contribution in [0, 0.1) is 6.92 Å². The fourth-order valence-electron chi connectivity index (χ4n) is 2.19. The first-order chi connectivity index (χ1) is 9.65. The monoisotopic (exact) mass is 327 g/mol. The highest BCUT2D eigenvalue weighted by molar-refractivity contribution is 9.10. The molecule has 0 spiro atoms. The largest absolute Gasteiger partial charge is 0.398 e. The zero-order chi connectivity index (χ0) is 14.1. The fourth-order valence-corrected chi connectivity index (χ4v) is 2.59. The molecule has 3 rings (SSSR count). The Morgan fingerprint density at radius 1 is 1.10 bits per heavy atom. The van der Waals surface area contributed by atoms with Crippen molar-refractivity contribution in [3.05, 3.63) is 58.7 Å². The number of aryl methyl sites for hydroxylation is 1. The number of halogens is 1. The number of nitrogens with zero attached hydrogens (tertiary/aromatic N) is 1. The second-order valence-electron chi connectivity index (χ2n) is 4.69. The number of fused-ring (bicyclic) bond motifs is 1. The van der Waals surface area contributed by atoms with E-state index >= 15 is 0 Å². The van der Waals surface area contributed by atoms with Crippen molar-refractivity contribution in [2.24, 2.45) is 0 Å². The average molecular weight is 328 g/mol. The molecule has 3 N–H and O–H groups in total. The van der Waals surface area contributed by atoms with Crippen molar-refractivity contribution in [3.63, 3.8) is 0 Å². The minimum Gasteiger partial charge on any atom is -0.398 e. The van der Waals surface area contributed by atoms with Crippen LogP contribution >= 0.6 is 15.9 Å². The predicted molar refractivity (Wildman–Crippen MR) is 88.3 cm³/mol. The van der Waals surface area contributed by atoms with Gasteiger partial charge in [-0.1, -0.05) is 34.1 Å². The van der Waals surface area contributed by atoms with Crippen LogP contribution in [-0.2, 0) is 0 Å². The van der Waals surface area contributed by atoms with Crippen LogP contribution in [0.15, 0.2) is 53.1 Å². The van der Waals surface area contributed by atoms with Crippen LogP contribution in [-0.4, -0.2) is 4.98 Å². The van der Waals surface area contributed by atoms with Gasteiger partial charge in [0.05, 0.1) is 0 Å². The molecular formula is C16H14BrN3. The predicted octanol–water partition coefficient (Wildman–Crippen LogP) is 4.63. The summed E-state index contributed by atoms with van der Waals surface area (Å²) in [5.41, 5.74) is 9.01. The van der Waals surface area contributed by atoms with E-state index in [-0.39, 0.29) is 0 Å². The smallest absolute Gasteiger partial charge is 0.138 e. The van der Waals surface area contributed by atoms with Gasteiger partial charge in [0, 0.05) is 32.8 Å². The third-order valence-electron chi connectivity index (χ3n) is 3.29. The van der Waals surface area contributed by atoms with Crippen molar-refractivity contribution in [1.29, 1.82) is 0 Å². The maximum atomic E-state index is 6.14. The summed E-state index contributed by atoms with van der Waals surface area (Å²) in [6.45, 7) is 2.01. The summed E-state index contributed by atoms with van der Waals surface area (Å²) in [6.07, 6.45) is 1.78. The second-order valence-corrected chi connectivity index (χ2v) is 5.60. The zero-order valence-corrected chi connectivity index (χ0v) is 12.6. The third-order valence-corrected chi connectivity index (χ3v) is 3.79. The number of hydrogen-bond acceptors (Lipinski definition) is 3. The number of nitrogen functional groups attached to an aromatic ring is 1. The molecule has 0 amide bonds. The second kappa shape index (κ2) is 5.13. The Bertz CT molecular complexity index is 784. The number of pyridine rings is 1. The fraction of sp³-hybridized carbons (Fsp3) is 0.0625. The summed E-state index contributed by atoms with van der Waals surface area (Å²) >= 11 is 3.47. The van der Waals surface area contributed by atoms with Crippen LogP contribution in [0.2, 0.25) is 0 Å². The summed E-state index contributed by atoms with van der Waals surface area (Å²) in [5.74, 6) is 0.812. The molecule has 0 atom stereocenters. The van der Waals surface area contributed by atoms with E-state index in [1.807, 2.05) is 49.4 Å². The van der Waals surface area contributed by atoms with E-state index in [0.29, 0.717) is 0 Å². The van der Waals surface area contributed by atoms with Crippen LogP contribution < -0.4 is 11.1 Å². The van der Waals surface area contributed by atoms with Crippen LogP contribution in [0.25, 0.3) is 10.8 Å². The Morgan fingerprint density at radius 2 is 1.95 bits per heavy atom. The topological polar surface area (TPSA) is 50.9 Å². The molecule has 0 unspecified atom stereocenters. The van der Waals surface area contributed by atoms with E-state index in [9.17, 15) is 0 Å². The van der Waals surface area contributed by atoms with Gasteiger partial charge in [0.1, 0.15) is 5.82 Å². The standard InChI is InChI=1S/C16H14BrN3/c1-10-5-6-14-13(15(10)18)7-8-19-16(14)20-12-4-2-3-11(17)9-12/h2-9H,18H2,1H3,(H,19,20). The van der Waals surface area contributed by atoms with E-state index < -0.39 is 0 Å². The highest BCUT2D eigenvalue weighted by Crippen LogP contribution is 2.30. The third kappa shape index (κ3) is 2.34. The van der Waals surface area contributed by atoms with E-state index in [2.05, 4.69) is 26.2 Å². The molecule has 0 radical (unpaired) electrons. The molecule has 0 saturated heterocycles. The molecule has 4 heteroatoms. The minimum absolute atomic E-state index is 0.808. The Labute approximate surface area is 126 Å². The maximum absolute atomic E-state index is 6.14. The summed E-state index contributed by atoms with van der Waals surface area (Å²) < 4.78 is 1.03. The maximum Gasteiger partial charge on any atom is 0.138 e. The summed E-state index contributed by atoms with van der Waals surface area (Å²) in [6, 6.07) is 14.0. The highest BCUT2D eigenvalue weighted by Gasteiger charge is 2.07. The van der Waals surface area contributed by atoms with Crippen LogP contribution in [0.3, 0.4) is 0 Å².